The van der Waals surface area contributed by atoms with E-state index in [0.29, 0.717) is 36.8 Å². The Morgan fingerprint density at radius 2 is 1.73 bits per heavy atom. The molecule has 2 aromatic carbocycles. The minimum absolute atomic E-state index is 0.0698. The molecule has 4 rings (SSSR count). The summed E-state index contributed by atoms with van der Waals surface area (Å²) < 4.78 is 0. The van der Waals surface area contributed by atoms with Gasteiger partial charge in [0, 0.05) is 55.8 Å². The quantitative estimate of drug-likeness (QED) is 0.640. The van der Waals surface area contributed by atoms with Gasteiger partial charge in [0.05, 0.1) is 5.52 Å². The fourth-order valence-corrected chi connectivity index (χ4v) is 3.79. The number of carbonyl (C=O) groups is 2. The van der Waals surface area contributed by atoms with Crippen molar-refractivity contribution in [2.24, 2.45) is 0 Å². The van der Waals surface area contributed by atoms with Crippen LogP contribution in [0.4, 0.5) is 5.69 Å². The molecule has 1 aliphatic heterocycles. The maximum absolute atomic E-state index is 12.5. The Kier molecular flexibility index (Phi) is 6.14. The second-order valence-corrected chi connectivity index (χ2v) is 7.64. The number of halogens is 1. The number of amides is 2. The Morgan fingerprint density at radius 1 is 0.967 bits per heavy atom. The molecule has 0 spiro atoms. The van der Waals surface area contributed by atoms with Gasteiger partial charge in [-0.2, -0.15) is 0 Å². The highest BCUT2D eigenvalue weighted by molar-refractivity contribution is 6.29. The van der Waals surface area contributed by atoms with Crippen LogP contribution in [0, 0.1) is 0 Å². The van der Waals surface area contributed by atoms with Gasteiger partial charge < -0.3 is 15.1 Å². The molecule has 1 N–H and O–H groups in total. The van der Waals surface area contributed by atoms with E-state index in [1.807, 2.05) is 29.2 Å². The average Bonchev–Trinajstić information content (AvgIpc) is 2.79. The number of fused-ring (bicyclic) bond motifs is 1. The number of hydrogen-bond donors (Lipinski definition) is 1. The first kappa shape index (κ1) is 20.2. The van der Waals surface area contributed by atoms with Crippen LogP contribution in [-0.4, -0.2) is 54.4 Å². The van der Waals surface area contributed by atoms with Crippen LogP contribution in [0.5, 0.6) is 0 Å². The van der Waals surface area contributed by atoms with Gasteiger partial charge in [0.25, 0.3) is 5.91 Å². The molecule has 1 aliphatic rings. The van der Waals surface area contributed by atoms with Gasteiger partial charge in [-0.3, -0.25) is 9.59 Å². The van der Waals surface area contributed by atoms with Crippen LogP contribution in [0.15, 0.2) is 60.7 Å². The van der Waals surface area contributed by atoms with Gasteiger partial charge in [-0.25, -0.2) is 4.98 Å². The maximum atomic E-state index is 12.5. The van der Waals surface area contributed by atoms with Crippen molar-refractivity contribution in [2.75, 3.05) is 37.6 Å². The van der Waals surface area contributed by atoms with Gasteiger partial charge >= 0.3 is 0 Å². The molecule has 0 radical (unpaired) electrons. The summed E-state index contributed by atoms with van der Waals surface area (Å²) >= 11 is 5.89. The molecule has 1 saturated heterocycles. The highest BCUT2D eigenvalue weighted by Crippen LogP contribution is 2.18. The van der Waals surface area contributed by atoms with Crippen LogP contribution in [0.1, 0.15) is 16.8 Å². The molecule has 2 amide bonds. The Bertz CT molecular complexity index is 1050. The number of hydrogen-bond acceptors (Lipinski definition) is 4. The SMILES string of the molecule is O=C(NCCC(=O)N1CCN(c2ccccc2)CC1)c1ccc2nc(Cl)ccc2c1. The second-order valence-electron chi connectivity index (χ2n) is 7.25. The van der Waals surface area contributed by atoms with E-state index in [2.05, 4.69) is 27.3 Å². The summed E-state index contributed by atoms with van der Waals surface area (Å²) in [6.07, 6.45) is 0.293. The van der Waals surface area contributed by atoms with Crippen molar-refractivity contribution in [3.05, 3.63) is 71.4 Å². The second kappa shape index (κ2) is 9.13. The number of rotatable bonds is 5. The normalized spacial score (nSPS) is 14.0. The van der Waals surface area contributed by atoms with Crippen molar-refractivity contribution in [1.82, 2.24) is 15.2 Å². The zero-order chi connectivity index (χ0) is 20.9. The lowest BCUT2D eigenvalue weighted by Gasteiger charge is -2.36. The third-order valence-electron chi connectivity index (χ3n) is 5.30. The van der Waals surface area contributed by atoms with E-state index in [-0.39, 0.29) is 11.8 Å². The third kappa shape index (κ3) is 4.71. The lowest BCUT2D eigenvalue weighted by atomic mass is 10.1. The standard InChI is InChI=1S/C23H23ClN4O2/c24-21-9-7-17-16-18(6-8-20(17)26-21)23(30)25-11-10-22(29)28-14-12-27(13-15-28)19-4-2-1-3-5-19/h1-9,16H,10-15H2,(H,25,30). The van der Waals surface area contributed by atoms with E-state index < -0.39 is 0 Å². The largest absolute Gasteiger partial charge is 0.368 e. The molecule has 0 atom stereocenters. The molecular weight excluding hydrogens is 400 g/mol. The van der Waals surface area contributed by atoms with E-state index in [4.69, 9.17) is 11.6 Å². The number of pyridine rings is 1. The van der Waals surface area contributed by atoms with Crippen LogP contribution < -0.4 is 10.2 Å². The van der Waals surface area contributed by atoms with Crippen molar-refractivity contribution in [2.45, 2.75) is 6.42 Å². The highest BCUT2D eigenvalue weighted by Gasteiger charge is 2.21. The monoisotopic (exact) mass is 422 g/mol. The average molecular weight is 423 g/mol. The molecule has 0 bridgehead atoms. The first-order valence-electron chi connectivity index (χ1n) is 10.0. The summed E-state index contributed by atoms with van der Waals surface area (Å²) in [6.45, 7) is 3.34. The first-order valence-corrected chi connectivity index (χ1v) is 10.4. The number of para-hydroxylation sites is 1. The number of nitrogens with one attached hydrogen (secondary N) is 1. The number of carbonyl (C=O) groups excluding carboxylic acids is 2. The number of piperazine rings is 1. The molecule has 0 aliphatic carbocycles. The van der Waals surface area contributed by atoms with Gasteiger partial charge in [-0.05, 0) is 42.5 Å². The molecule has 30 heavy (non-hydrogen) atoms. The molecule has 0 saturated carbocycles. The Balaban J connectivity index is 1.25. The number of nitrogens with zero attached hydrogens (tertiary/aromatic N) is 3. The Morgan fingerprint density at radius 3 is 2.50 bits per heavy atom. The topological polar surface area (TPSA) is 65.5 Å². The van der Waals surface area contributed by atoms with E-state index in [9.17, 15) is 9.59 Å². The van der Waals surface area contributed by atoms with E-state index in [1.165, 1.54) is 5.69 Å². The summed E-state index contributed by atoms with van der Waals surface area (Å²) in [6, 6.07) is 19.0. The van der Waals surface area contributed by atoms with Gasteiger partial charge in [0.15, 0.2) is 0 Å². The maximum Gasteiger partial charge on any atom is 0.251 e. The van der Waals surface area contributed by atoms with Crippen LogP contribution >= 0.6 is 11.6 Å². The van der Waals surface area contributed by atoms with Gasteiger partial charge in [0.1, 0.15) is 5.15 Å². The van der Waals surface area contributed by atoms with Gasteiger partial charge in [-0.15, -0.1) is 0 Å². The van der Waals surface area contributed by atoms with Crippen molar-refractivity contribution < 1.29 is 9.59 Å². The minimum Gasteiger partial charge on any atom is -0.368 e. The van der Waals surface area contributed by atoms with Gasteiger partial charge in [-0.1, -0.05) is 29.8 Å². The van der Waals surface area contributed by atoms with Crippen LogP contribution in [-0.2, 0) is 4.79 Å². The summed E-state index contributed by atoms with van der Waals surface area (Å²) in [5, 5.41) is 4.10. The molecule has 1 fully saturated rings. The van der Waals surface area contributed by atoms with Crippen molar-refractivity contribution in [3.8, 4) is 0 Å². The first-order chi connectivity index (χ1) is 14.6. The zero-order valence-electron chi connectivity index (χ0n) is 16.6. The predicted molar refractivity (Wildman–Crippen MR) is 119 cm³/mol. The van der Waals surface area contributed by atoms with Gasteiger partial charge in [0.2, 0.25) is 5.91 Å². The van der Waals surface area contributed by atoms with Crippen LogP contribution in [0.2, 0.25) is 5.15 Å². The highest BCUT2D eigenvalue weighted by atomic mass is 35.5. The minimum atomic E-state index is -0.200. The Hall–Kier alpha value is -3.12. The molecule has 154 valence electrons. The molecule has 1 aromatic heterocycles. The number of aromatic nitrogens is 1. The summed E-state index contributed by atoms with van der Waals surface area (Å²) in [4.78, 5) is 33.3. The fraction of sp³-hybridized carbons (Fsp3) is 0.261. The predicted octanol–water partition coefficient (Wildman–Crippen LogP) is 3.36. The van der Waals surface area contributed by atoms with E-state index >= 15 is 0 Å². The smallest absolute Gasteiger partial charge is 0.251 e. The van der Waals surface area contributed by atoms with E-state index in [1.54, 1.807) is 24.3 Å². The third-order valence-corrected chi connectivity index (χ3v) is 5.51. The van der Waals surface area contributed by atoms with Crippen molar-refractivity contribution in [3.63, 3.8) is 0 Å². The molecule has 7 heteroatoms. The molecule has 0 unspecified atom stereocenters. The van der Waals surface area contributed by atoms with Crippen molar-refractivity contribution >= 4 is 40.0 Å². The van der Waals surface area contributed by atoms with Crippen molar-refractivity contribution in [1.29, 1.82) is 0 Å². The fourth-order valence-electron chi connectivity index (χ4n) is 3.64. The summed E-state index contributed by atoms with van der Waals surface area (Å²) in [7, 11) is 0. The zero-order valence-corrected chi connectivity index (χ0v) is 17.3. The number of benzene rings is 2. The molecule has 3 aromatic rings. The lowest BCUT2D eigenvalue weighted by molar-refractivity contribution is -0.131. The van der Waals surface area contributed by atoms with E-state index in [0.717, 1.165) is 24.0 Å². The number of anilines is 1. The summed E-state index contributed by atoms with van der Waals surface area (Å²) in [5.74, 6) is -0.131. The van der Waals surface area contributed by atoms with Crippen LogP contribution in [0.3, 0.4) is 0 Å². The lowest BCUT2D eigenvalue weighted by Crippen LogP contribution is -2.49. The van der Waals surface area contributed by atoms with Crippen LogP contribution in [0.25, 0.3) is 10.9 Å². The molecular formula is C23H23ClN4O2. The molecule has 6 nitrogen and oxygen atoms in total. The molecule has 2 heterocycles. The Labute approximate surface area is 180 Å². The summed E-state index contributed by atoms with van der Waals surface area (Å²) in [5.41, 5.74) is 2.46.